The second-order valence-corrected chi connectivity index (χ2v) is 6.00. The van der Waals surface area contributed by atoms with Crippen LogP contribution in [0.25, 0.3) is 5.69 Å². The largest absolute Gasteiger partial charge is 0.315 e. The van der Waals surface area contributed by atoms with Gasteiger partial charge in [0.1, 0.15) is 5.82 Å². The third kappa shape index (κ3) is 4.06. The Labute approximate surface area is 136 Å². The molecule has 0 saturated carbocycles. The first-order valence-electron chi connectivity index (χ1n) is 7.66. The number of nitrogens with zero attached hydrogens (tertiary/aromatic N) is 2. The van der Waals surface area contributed by atoms with Crippen molar-refractivity contribution in [2.75, 3.05) is 0 Å². The molecule has 2 rings (SSSR count). The van der Waals surface area contributed by atoms with Gasteiger partial charge in [0.2, 0.25) is 5.91 Å². The number of benzene rings is 1. The van der Waals surface area contributed by atoms with E-state index in [0.29, 0.717) is 12.1 Å². The molecule has 0 radical (unpaired) electrons. The standard InChI is InChI=1S/C18H22FN3O/c1-12(2)9-18(23)21-20-11-15-10-13(3)22(14(15)4)17-8-6-5-7-16(17)19/h5-8,10-12H,9H2,1-4H3,(H,21,23)/b20-11-. The minimum absolute atomic E-state index is 0.112. The van der Waals surface area contributed by atoms with Crippen LogP contribution in [-0.2, 0) is 4.79 Å². The number of nitrogens with one attached hydrogen (secondary N) is 1. The lowest BCUT2D eigenvalue weighted by Gasteiger charge is -2.10. The summed E-state index contributed by atoms with van der Waals surface area (Å²) in [5, 5.41) is 3.99. The second kappa shape index (κ2) is 7.22. The van der Waals surface area contributed by atoms with Gasteiger partial charge in [0.15, 0.2) is 0 Å². The summed E-state index contributed by atoms with van der Waals surface area (Å²) in [5.74, 6) is -0.0986. The van der Waals surface area contributed by atoms with Crippen LogP contribution in [-0.4, -0.2) is 16.7 Å². The summed E-state index contributed by atoms with van der Waals surface area (Å²) >= 11 is 0. The molecule has 0 bridgehead atoms. The number of aryl methyl sites for hydroxylation is 1. The van der Waals surface area contributed by atoms with Gasteiger partial charge < -0.3 is 4.57 Å². The molecule has 0 saturated heterocycles. The van der Waals surface area contributed by atoms with Crippen LogP contribution in [0.5, 0.6) is 0 Å². The van der Waals surface area contributed by atoms with E-state index < -0.39 is 0 Å². The van der Waals surface area contributed by atoms with Crippen molar-refractivity contribution in [3.05, 3.63) is 53.1 Å². The number of hydrogen-bond acceptors (Lipinski definition) is 2. The predicted molar refractivity (Wildman–Crippen MR) is 90.4 cm³/mol. The van der Waals surface area contributed by atoms with E-state index in [-0.39, 0.29) is 17.6 Å². The zero-order chi connectivity index (χ0) is 17.0. The average Bonchev–Trinajstić information content (AvgIpc) is 2.74. The monoisotopic (exact) mass is 315 g/mol. The Morgan fingerprint density at radius 2 is 2.04 bits per heavy atom. The fourth-order valence-electron chi connectivity index (χ4n) is 2.51. The molecule has 1 heterocycles. The van der Waals surface area contributed by atoms with Crippen molar-refractivity contribution in [2.45, 2.75) is 34.1 Å². The van der Waals surface area contributed by atoms with Crippen molar-refractivity contribution in [2.24, 2.45) is 11.0 Å². The van der Waals surface area contributed by atoms with Crippen LogP contribution in [0.4, 0.5) is 4.39 Å². The molecule has 0 spiro atoms. The molecule has 23 heavy (non-hydrogen) atoms. The first-order chi connectivity index (χ1) is 10.9. The quantitative estimate of drug-likeness (QED) is 0.663. The van der Waals surface area contributed by atoms with Crippen LogP contribution >= 0.6 is 0 Å². The van der Waals surface area contributed by atoms with Crippen molar-refractivity contribution in [3.63, 3.8) is 0 Å². The highest BCUT2D eigenvalue weighted by atomic mass is 19.1. The smallest absolute Gasteiger partial charge is 0.240 e. The van der Waals surface area contributed by atoms with Crippen LogP contribution in [0.3, 0.4) is 0 Å². The van der Waals surface area contributed by atoms with Gasteiger partial charge in [0, 0.05) is 23.4 Å². The lowest BCUT2D eigenvalue weighted by atomic mass is 10.1. The molecular weight excluding hydrogens is 293 g/mol. The molecule has 1 aromatic carbocycles. The molecule has 1 N–H and O–H groups in total. The minimum Gasteiger partial charge on any atom is -0.315 e. The van der Waals surface area contributed by atoms with Crippen LogP contribution in [0.1, 0.15) is 37.2 Å². The van der Waals surface area contributed by atoms with Gasteiger partial charge in [-0.25, -0.2) is 9.82 Å². The molecule has 2 aromatic rings. The van der Waals surface area contributed by atoms with Gasteiger partial charge in [0.25, 0.3) is 0 Å². The first-order valence-corrected chi connectivity index (χ1v) is 7.66. The van der Waals surface area contributed by atoms with E-state index in [0.717, 1.165) is 17.0 Å². The normalized spacial score (nSPS) is 11.4. The molecule has 0 aliphatic carbocycles. The van der Waals surface area contributed by atoms with Crippen LogP contribution in [0, 0.1) is 25.6 Å². The molecule has 5 heteroatoms. The fourth-order valence-corrected chi connectivity index (χ4v) is 2.51. The lowest BCUT2D eigenvalue weighted by Crippen LogP contribution is -2.19. The number of carbonyl (C=O) groups excluding carboxylic acids is 1. The average molecular weight is 315 g/mol. The number of hydrazone groups is 1. The maximum absolute atomic E-state index is 14.0. The van der Waals surface area contributed by atoms with Crippen molar-refractivity contribution < 1.29 is 9.18 Å². The van der Waals surface area contributed by atoms with Gasteiger partial charge >= 0.3 is 0 Å². The maximum Gasteiger partial charge on any atom is 0.240 e. The summed E-state index contributed by atoms with van der Waals surface area (Å²) in [5.41, 5.74) is 5.64. The van der Waals surface area contributed by atoms with Crippen LogP contribution in [0.2, 0.25) is 0 Å². The van der Waals surface area contributed by atoms with Crippen molar-refractivity contribution in [1.29, 1.82) is 0 Å². The fraction of sp³-hybridized carbons (Fsp3) is 0.333. The van der Waals surface area contributed by atoms with Gasteiger partial charge in [0.05, 0.1) is 11.9 Å². The summed E-state index contributed by atoms with van der Waals surface area (Å²) < 4.78 is 15.9. The summed E-state index contributed by atoms with van der Waals surface area (Å²) in [6.07, 6.45) is 2.03. The Balaban J connectivity index is 2.22. The summed E-state index contributed by atoms with van der Waals surface area (Å²) in [7, 11) is 0. The number of halogens is 1. The highest BCUT2D eigenvalue weighted by Crippen LogP contribution is 2.21. The van der Waals surface area contributed by atoms with E-state index in [1.54, 1.807) is 24.4 Å². The van der Waals surface area contributed by atoms with Crippen molar-refractivity contribution in [3.8, 4) is 5.69 Å². The Bertz CT molecular complexity index is 732. The summed E-state index contributed by atoms with van der Waals surface area (Å²) in [4.78, 5) is 11.6. The molecular formula is C18H22FN3O. The van der Waals surface area contributed by atoms with Crippen LogP contribution in [0.15, 0.2) is 35.4 Å². The van der Waals surface area contributed by atoms with Gasteiger partial charge in [-0.3, -0.25) is 4.79 Å². The van der Waals surface area contributed by atoms with Gasteiger partial charge in [-0.05, 0) is 38.0 Å². The third-order valence-corrected chi connectivity index (χ3v) is 3.55. The molecule has 0 unspecified atom stereocenters. The van der Waals surface area contributed by atoms with Gasteiger partial charge in [-0.2, -0.15) is 5.10 Å². The Hall–Kier alpha value is -2.43. The second-order valence-electron chi connectivity index (χ2n) is 6.00. The van der Waals surface area contributed by atoms with Crippen LogP contribution < -0.4 is 5.43 Å². The molecule has 1 aromatic heterocycles. The van der Waals surface area contributed by atoms with E-state index in [9.17, 15) is 9.18 Å². The van der Waals surface area contributed by atoms with Gasteiger partial charge in [-0.1, -0.05) is 26.0 Å². The van der Waals surface area contributed by atoms with Crippen molar-refractivity contribution >= 4 is 12.1 Å². The number of amides is 1. The molecule has 0 aliphatic rings. The molecule has 0 fully saturated rings. The van der Waals surface area contributed by atoms with E-state index >= 15 is 0 Å². The van der Waals surface area contributed by atoms with E-state index in [1.807, 2.05) is 38.3 Å². The number of hydrogen-bond donors (Lipinski definition) is 1. The molecule has 0 aliphatic heterocycles. The topological polar surface area (TPSA) is 46.4 Å². The molecule has 122 valence electrons. The summed E-state index contributed by atoms with van der Waals surface area (Å²) in [6, 6.07) is 8.56. The zero-order valence-electron chi connectivity index (χ0n) is 13.9. The molecule has 4 nitrogen and oxygen atoms in total. The predicted octanol–water partition coefficient (Wildman–Crippen LogP) is 3.73. The number of rotatable bonds is 5. The van der Waals surface area contributed by atoms with Gasteiger partial charge in [-0.15, -0.1) is 0 Å². The van der Waals surface area contributed by atoms with E-state index in [2.05, 4.69) is 10.5 Å². The number of para-hydroxylation sites is 1. The maximum atomic E-state index is 14.0. The first kappa shape index (κ1) is 16.9. The number of carbonyl (C=O) groups is 1. The van der Waals surface area contributed by atoms with Crippen molar-refractivity contribution in [1.82, 2.24) is 9.99 Å². The lowest BCUT2D eigenvalue weighted by molar-refractivity contribution is -0.121. The highest BCUT2D eigenvalue weighted by molar-refractivity contribution is 5.84. The Kier molecular flexibility index (Phi) is 5.32. The Morgan fingerprint density at radius 3 is 2.70 bits per heavy atom. The zero-order valence-corrected chi connectivity index (χ0v) is 13.9. The third-order valence-electron chi connectivity index (χ3n) is 3.55. The SMILES string of the molecule is Cc1cc(/C=N\NC(=O)CC(C)C)c(C)n1-c1ccccc1F. The molecule has 0 atom stereocenters. The minimum atomic E-state index is -0.275. The highest BCUT2D eigenvalue weighted by Gasteiger charge is 2.12. The molecule has 1 amide bonds. The number of aromatic nitrogens is 1. The summed E-state index contributed by atoms with van der Waals surface area (Å²) in [6.45, 7) is 7.77. The van der Waals surface area contributed by atoms with E-state index in [4.69, 9.17) is 0 Å². The Morgan fingerprint density at radius 1 is 1.35 bits per heavy atom. The van der Waals surface area contributed by atoms with E-state index in [1.165, 1.54) is 6.07 Å².